The number of benzene rings is 2. The number of carboxylic acid groups (broad SMARTS) is 1. The zero-order valence-corrected chi connectivity index (χ0v) is 14.3. The van der Waals surface area contributed by atoms with Crippen LogP contribution in [0.25, 0.3) is 0 Å². The van der Waals surface area contributed by atoms with E-state index in [9.17, 15) is 19.5 Å². The highest BCUT2D eigenvalue weighted by molar-refractivity contribution is 6.30. The Balaban J connectivity index is 1.74. The second-order valence-electron chi connectivity index (χ2n) is 5.81. The first kappa shape index (κ1) is 17.8. The van der Waals surface area contributed by atoms with Crippen LogP contribution >= 0.6 is 11.6 Å². The molecule has 3 rings (SSSR count). The fourth-order valence-electron chi connectivity index (χ4n) is 2.80. The number of amides is 3. The first-order valence-electron chi connectivity index (χ1n) is 7.88. The summed E-state index contributed by atoms with van der Waals surface area (Å²) < 4.78 is 0. The largest absolute Gasteiger partial charge is 0.481 e. The Morgan fingerprint density at radius 3 is 2.35 bits per heavy atom. The SMILES string of the molecule is O=C(Nc1ccc(Cl)cc1)NC1C(=O)N(c2ccccc2)CC1C(=O)O. The van der Waals surface area contributed by atoms with Crippen LogP contribution in [0.15, 0.2) is 54.6 Å². The molecule has 0 aliphatic carbocycles. The number of para-hydroxylation sites is 1. The molecule has 2 unspecified atom stereocenters. The highest BCUT2D eigenvalue weighted by Crippen LogP contribution is 2.25. The zero-order chi connectivity index (χ0) is 18.7. The summed E-state index contributed by atoms with van der Waals surface area (Å²) in [5, 5.41) is 15.0. The quantitative estimate of drug-likeness (QED) is 0.767. The molecule has 7 nitrogen and oxygen atoms in total. The van der Waals surface area contributed by atoms with Gasteiger partial charge in [0.05, 0.1) is 0 Å². The molecule has 3 N–H and O–H groups in total. The van der Waals surface area contributed by atoms with Crippen molar-refractivity contribution in [3.8, 4) is 0 Å². The fraction of sp³-hybridized carbons (Fsp3) is 0.167. The molecule has 0 spiro atoms. The van der Waals surface area contributed by atoms with Gasteiger partial charge < -0.3 is 20.6 Å². The normalized spacial score (nSPS) is 19.3. The van der Waals surface area contributed by atoms with Crippen molar-refractivity contribution in [3.63, 3.8) is 0 Å². The van der Waals surface area contributed by atoms with Gasteiger partial charge in [0.25, 0.3) is 5.91 Å². The number of carbonyl (C=O) groups excluding carboxylic acids is 2. The molecular weight excluding hydrogens is 358 g/mol. The lowest BCUT2D eigenvalue weighted by molar-refractivity contribution is -0.142. The number of nitrogens with zero attached hydrogens (tertiary/aromatic N) is 1. The fourth-order valence-corrected chi connectivity index (χ4v) is 2.92. The van der Waals surface area contributed by atoms with Crippen LogP contribution in [-0.4, -0.2) is 35.6 Å². The van der Waals surface area contributed by atoms with Crippen LogP contribution in [0, 0.1) is 5.92 Å². The molecule has 2 atom stereocenters. The predicted octanol–water partition coefficient (Wildman–Crippen LogP) is 2.58. The van der Waals surface area contributed by atoms with Crippen LogP contribution in [0.2, 0.25) is 5.02 Å². The lowest BCUT2D eigenvalue weighted by atomic mass is 10.0. The summed E-state index contributed by atoms with van der Waals surface area (Å²) in [5.74, 6) is -2.65. The first-order chi connectivity index (χ1) is 12.5. The van der Waals surface area contributed by atoms with Crippen molar-refractivity contribution < 1.29 is 19.5 Å². The van der Waals surface area contributed by atoms with Crippen molar-refractivity contribution in [1.82, 2.24) is 5.32 Å². The number of hydrogen-bond donors (Lipinski definition) is 3. The van der Waals surface area contributed by atoms with Crippen molar-refractivity contribution in [2.24, 2.45) is 5.92 Å². The van der Waals surface area contributed by atoms with Crippen molar-refractivity contribution in [1.29, 1.82) is 0 Å². The summed E-state index contributed by atoms with van der Waals surface area (Å²) in [7, 11) is 0. The van der Waals surface area contributed by atoms with Gasteiger partial charge in [-0.3, -0.25) is 9.59 Å². The average Bonchev–Trinajstić information content (AvgIpc) is 2.95. The van der Waals surface area contributed by atoms with Gasteiger partial charge in [-0.15, -0.1) is 0 Å². The van der Waals surface area contributed by atoms with Gasteiger partial charge in [-0.2, -0.15) is 0 Å². The molecule has 2 aromatic carbocycles. The predicted molar refractivity (Wildman–Crippen MR) is 97.3 cm³/mol. The zero-order valence-electron chi connectivity index (χ0n) is 13.6. The van der Waals surface area contributed by atoms with Crippen molar-refractivity contribution in [2.75, 3.05) is 16.8 Å². The molecule has 3 amide bonds. The smallest absolute Gasteiger partial charge is 0.319 e. The molecule has 0 saturated carbocycles. The van der Waals surface area contributed by atoms with Crippen LogP contribution < -0.4 is 15.5 Å². The van der Waals surface area contributed by atoms with E-state index in [0.717, 1.165) is 0 Å². The molecule has 0 radical (unpaired) electrons. The number of carbonyl (C=O) groups is 3. The maximum absolute atomic E-state index is 12.7. The Morgan fingerprint density at radius 2 is 1.73 bits per heavy atom. The van der Waals surface area contributed by atoms with Crippen LogP contribution in [0.4, 0.5) is 16.2 Å². The van der Waals surface area contributed by atoms with E-state index in [4.69, 9.17) is 11.6 Å². The van der Waals surface area contributed by atoms with Crippen molar-refractivity contribution in [2.45, 2.75) is 6.04 Å². The standard InChI is InChI=1S/C18H16ClN3O4/c19-11-6-8-12(9-7-11)20-18(26)21-15-14(17(24)25)10-22(16(15)23)13-4-2-1-3-5-13/h1-9,14-15H,10H2,(H,24,25)(H2,20,21,26). The van der Waals surface area contributed by atoms with Crippen LogP contribution in [-0.2, 0) is 9.59 Å². The van der Waals surface area contributed by atoms with Gasteiger partial charge >= 0.3 is 12.0 Å². The van der Waals surface area contributed by atoms with E-state index in [2.05, 4.69) is 10.6 Å². The molecule has 0 bridgehead atoms. The summed E-state index contributed by atoms with van der Waals surface area (Å²) in [4.78, 5) is 37.8. The molecule has 1 saturated heterocycles. The summed E-state index contributed by atoms with van der Waals surface area (Å²) in [5.41, 5.74) is 1.07. The van der Waals surface area contributed by atoms with E-state index in [1.165, 1.54) is 4.90 Å². The minimum Gasteiger partial charge on any atom is -0.481 e. The Kier molecular flexibility index (Phi) is 5.09. The first-order valence-corrected chi connectivity index (χ1v) is 8.26. The van der Waals surface area contributed by atoms with E-state index in [1.807, 2.05) is 0 Å². The van der Waals surface area contributed by atoms with Gasteiger partial charge in [0.2, 0.25) is 0 Å². The van der Waals surface area contributed by atoms with E-state index in [-0.39, 0.29) is 6.54 Å². The Hall–Kier alpha value is -3.06. The number of halogens is 1. The highest BCUT2D eigenvalue weighted by atomic mass is 35.5. The third-order valence-corrected chi connectivity index (χ3v) is 4.34. The van der Waals surface area contributed by atoms with Crippen LogP contribution in [0.1, 0.15) is 0 Å². The molecule has 134 valence electrons. The topological polar surface area (TPSA) is 98.7 Å². The molecule has 1 aliphatic heterocycles. The van der Waals surface area contributed by atoms with E-state index in [0.29, 0.717) is 16.4 Å². The molecule has 2 aromatic rings. The maximum atomic E-state index is 12.7. The lowest BCUT2D eigenvalue weighted by Gasteiger charge is -2.17. The second kappa shape index (κ2) is 7.45. The Morgan fingerprint density at radius 1 is 1.08 bits per heavy atom. The van der Waals surface area contributed by atoms with E-state index >= 15 is 0 Å². The Labute approximate surface area is 154 Å². The molecule has 1 heterocycles. The van der Waals surface area contributed by atoms with Gasteiger partial charge in [-0.1, -0.05) is 29.8 Å². The number of anilines is 2. The monoisotopic (exact) mass is 373 g/mol. The van der Waals surface area contributed by atoms with Gasteiger partial charge in [0.1, 0.15) is 12.0 Å². The highest BCUT2D eigenvalue weighted by Gasteiger charge is 2.45. The number of carboxylic acids is 1. The second-order valence-corrected chi connectivity index (χ2v) is 6.25. The maximum Gasteiger partial charge on any atom is 0.319 e. The molecular formula is C18H16ClN3O4. The van der Waals surface area contributed by atoms with Gasteiger partial charge in [-0.25, -0.2) is 4.79 Å². The third kappa shape index (κ3) is 3.78. The van der Waals surface area contributed by atoms with Crippen molar-refractivity contribution in [3.05, 3.63) is 59.6 Å². The van der Waals surface area contributed by atoms with Gasteiger partial charge in [0, 0.05) is 22.9 Å². The summed E-state index contributed by atoms with van der Waals surface area (Å²) in [6, 6.07) is 13.3. The molecule has 1 fully saturated rings. The number of aliphatic carboxylic acids is 1. The molecule has 8 heteroatoms. The Bertz CT molecular complexity index is 826. The number of rotatable bonds is 4. The molecule has 26 heavy (non-hydrogen) atoms. The summed E-state index contributed by atoms with van der Waals surface area (Å²) in [6.07, 6.45) is 0. The van der Waals surface area contributed by atoms with E-state index < -0.39 is 29.9 Å². The molecule has 1 aliphatic rings. The minimum absolute atomic E-state index is 0.00985. The number of nitrogens with one attached hydrogen (secondary N) is 2. The third-order valence-electron chi connectivity index (χ3n) is 4.09. The minimum atomic E-state index is -1.15. The van der Waals surface area contributed by atoms with Crippen molar-refractivity contribution >= 4 is 40.9 Å². The van der Waals surface area contributed by atoms with Gasteiger partial charge in [0.15, 0.2) is 0 Å². The summed E-state index contributed by atoms with van der Waals surface area (Å²) >= 11 is 5.79. The molecule has 0 aromatic heterocycles. The van der Waals surface area contributed by atoms with E-state index in [1.54, 1.807) is 54.6 Å². The van der Waals surface area contributed by atoms with Crippen LogP contribution in [0.5, 0.6) is 0 Å². The lowest BCUT2D eigenvalue weighted by Crippen LogP contribution is -2.47. The van der Waals surface area contributed by atoms with Gasteiger partial charge in [-0.05, 0) is 36.4 Å². The average molecular weight is 374 g/mol. The van der Waals surface area contributed by atoms with Crippen LogP contribution in [0.3, 0.4) is 0 Å². The number of urea groups is 1. The summed E-state index contributed by atoms with van der Waals surface area (Å²) in [6.45, 7) is -0.00985. The number of hydrogen-bond acceptors (Lipinski definition) is 3.